The van der Waals surface area contributed by atoms with E-state index in [-0.39, 0.29) is 5.78 Å². The summed E-state index contributed by atoms with van der Waals surface area (Å²) >= 11 is 1.27. The first-order valence-electron chi connectivity index (χ1n) is 6.45. The number of benzene rings is 1. The number of para-hydroxylation sites is 1. The third-order valence-electron chi connectivity index (χ3n) is 3.28. The summed E-state index contributed by atoms with van der Waals surface area (Å²) in [5.74, 6) is -0.109. The zero-order valence-corrected chi connectivity index (χ0v) is 11.8. The van der Waals surface area contributed by atoms with E-state index in [9.17, 15) is 9.90 Å². The molecule has 0 aliphatic heterocycles. The van der Waals surface area contributed by atoms with E-state index in [0.29, 0.717) is 22.7 Å². The maximum Gasteiger partial charge on any atom is 0.223 e. The summed E-state index contributed by atoms with van der Waals surface area (Å²) in [4.78, 5) is 19.8. The number of aliphatic hydroxyl groups excluding tert-OH is 1. The van der Waals surface area contributed by atoms with Gasteiger partial charge in [-0.3, -0.25) is 4.79 Å². The minimum Gasteiger partial charge on any atom is -0.387 e. The average molecular weight is 286 g/mol. The topological polar surface area (TPSA) is 66.0 Å². The number of carbonyl (C=O) groups excluding carboxylic acids is 1. The Morgan fingerprint density at radius 3 is 3.05 bits per heavy atom. The number of ketones is 1. The molecule has 3 aromatic rings. The smallest absolute Gasteiger partial charge is 0.223 e. The number of hydrogen-bond donors (Lipinski definition) is 2. The molecule has 4 nitrogen and oxygen atoms in total. The molecule has 2 heterocycles. The normalized spacial score (nSPS) is 12.7. The van der Waals surface area contributed by atoms with Crippen LogP contribution in [0.3, 0.4) is 0 Å². The van der Waals surface area contributed by atoms with Crippen molar-refractivity contribution in [2.75, 3.05) is 0 Å². The summed E-state index contributed by atoms with van der Waals surface area (Å²) in [7, 11) is 0. The van der Waals surface area contributed by atoms with Crippen LogP contribution in [0, 0.1) is 0 Å². The van der Waals surface area contributed by atoms with Gasteiger partial charge in [-0.2, -0.15) is 0 Å². The quantitative estimate of drug-likeness (QED) is 0.723. The van der Waals surface area contributed by atoms with Gasteiger partial charge in [0.25, 0.3) is 0 Å². The Labute approximate surface area is 120 Å². The number of carbonyl (C=O) groups is 1. The molecule has 102 valence electrons. The summed E-state index contributed by atoms with van der Waals surface area (Å²) in [5.41, 5.74) is 2.12. The summed E-state index contributed by atoms with van der Waals surface area (Å²) in [6.07, 6.45) is 1.70. The van der Waals surface area contributed by atoms with Gasteiger partial charge in [-0.25, -0.2) is 4.98 Å². The van der Waals surface area contributed by atoms with Gasteiger partial charge in [0.05, 0.1) is 17.4 Å². The molecule has 3 rings (SSSR count). The van der Waals surface area contributed by atoms with Crippen molar-refractivity contribution >= 4 is 28.0 Å². The molecule has 0 aliphatic rings. The van der Waals surface area contributed by atoms with Gasteiger partial charge in [0, 0.05) is 22.5 Å². The molecule has 20 heavy (non-hydrogen) atoms. The Hall–Kier alpha value is -1.98. The Morgan fingerprint density at radius 2 is 2.25 bits per heavy atom. The summed E-state index contributed by atoms with van der Waals surface area (Å²) in [5, 5.41) is 12.8. The highest BCUT2D eigenvalue weighted by Gasteiger charge is 2.19. The lowest BCUT2D eigenvalue weighted by Crippen LogP contribution is -2.02. The molecular formula is C15H14N2O2S. The predicted octanol–water partition coefficient (Wildman–Crippen LogP) is 3.30. The lowest BCUT2D eigenvalue weighted by molar-refractivity contribution is 0.103. The van der Waals surface area contributed by atoms with Crippen LogP contribution in [-0.4, -0.2) is 20.9 Å². The largest absolute Gasteiger partial charge is 0.387 e. The van der Waals surface area contributed by atoms with E-state index in [4.69, 9.17) is 0 Å². The van der Waals surface area contributed by atoms with Crippen molar-refractivity contribution in [1.82, 2.24) is 9.97 Å². The van der Waals surface area contributed by atoms with E-state index in [0.717, 1.165) is 10.9 Å². The fourth-order valence-electron chi connectivity index (χ4n) is 2.13. The van der Waals surface area contributed by atoms with Crippen LogP contribution in [0.1, 0.15) is 40.5 Å². The number of nitrogens with one attached hydrogen (secondary N) is 1. The van der Waals surface area contributed by atoms with E-state index in [2.05, 4.69) is 9.97 Å². The van der Waals surface area contributed by atoms with Crippen LogP contribution in [0.5, 0.6) is 0 Å². The lowest BCUT2D eigenvalue weighted by atomic mass is 10.1. The Kier molecular flexibility index (Phi) is 3.38. The highest BCUT2D eigenvalue weighted by Crippen LogP contribution is 2.24. The van der Waals surface area contributed by atoms with Crippen molar-refractivity contribution < 1.29 is 9.90 Å². The number of aromatic nitrogens is 2. The van der Waals surface area contributed by atoms with Crippen LogP contribution in [0.15, 0.2) is 35.8 Å². The number of rotatable bonds is 4. The van der Waals surface area contributed by atoms with Crippen molar-refractivity contribution in [2.24, 2.45) is 0 Å². The van der Waals surface area contributed by atoms with E-state index in [1.54, 1.807) is 11.6 Å². The molecule has 0 unspecified atom stereocenters. The molecular weight excluding hydrogens is 272 g/mol. The second kappa shape index (κ2) is 5.19. The van der Waals surface area contributed by atoms with Gasteiger partial charge in [-0.15, -0.1) is 11.3 Å². The molecule has 5 heteroatoms. The fourth-order valence-corrected chi connectivity index (χ4v) is 2.94. The van der Waals surface area contributed by atoms with Crippen LogP contribution >= 0.6 is 11.3 Å². The molecule has 1 atom stereocenters. The van der Waals surface area contributed by atoms with Gasteiger partial charge >= 0.3 is 0 Å². The van der Waals surface area contributed by atoms with E-state index < -0.39 is 6.10 Å². The van der Waals surface area contributed by atoms with Crippen molar-refractivity contribution in [3.63, 3.8) is 0 Å². The number of H-pyrrole nitrogens is 1. The molecule has 0 bridgehead atoms. The lowest BCUT2D eigenvalue weighted by Gasteiger charge is -2.01. The first kappa shape index (κ1) is 13.0. The maximum absolute atomic E-state index is 12.5. The second-order valence-electron chi connectivity index (χ2n) is 4.58. The van der Waals surface area contributed by atoms with Gasteiger partial charge in [0.15, 0.2) is 5.01 Å². The Morgan fingerprint density at radius 1 is 1.45 bits per heavy atom. The third-order valence-corrected chi connectivity index (χ3v) is 4.14. The number of fused-ring (bicyclic) bond motifs is 1. The minimum atomic E-state index is -0.601. The van der Waals surface area contributed by atoms with Crippen molar-refractivity contribution in [1.29, 1.82) is 0 Å². The van der Waals surface area contributed by atoms with Gasteiger partial charge in [-0.1, -0.05) is 25.1 Å². The third kappa shape index (κ3) is 2.15. The van der Waals surface area contributed by atoms with Gasteiger partial charge in [-0.05, 0) is 12.5 Å². The van der Waals surface area contributed by atoms with Gasteiger partial charge < -0.3 is 10.1 Å². The molecule has 0 fully saturated rings. The van der Waals surface area contributed by atoms with E-state index >= 15 is 0 Å². The number of nitrogens with zero attached hydrogens (tertiary/aromatic N) is 1. The molecule has 2 N–H and O–H groups in total. The molecule has 0 saturated heterocycles. The molecule has 0 amide bonds. The van der Waals surface area contributed by atoms with Crippen LogP contribution in [-0.2, 0) is 0 Å². The molecule has 0 spiro atoms. The zero-order valence-electron chi connectivity index (χ0n) is 11.0. The Bertz CT molecular complexity index is 760. The van der Waals surface area contributed by atoms with Crippen LogP contribution in [0.2, 0.25) is 0 Å². The predicted molar refractivity (Wildman–Crippen MR) is 79.1 cm³/mol. The number of thiazole rings is 1. The van der Waals surface area contributed by atoms with Crippen LogP contribution in [0.4, 0.5) is 0 Å². The number of hydrogen-bond acceptors (Lipinski definition) is 4. The van der Waals surface area contributed by atoms with Gasteiger partial charge in [0.1, 0.15) is 0 Å². The maximum atomic E-state index is 12.5. The molecule has 2 aromatic heterocycles. The fraction of sp³-hybridized carbons (Fsp3) is 0.200. The molecule has 0 radical (unpaired) electrons. The first-order chi connectivity index (χ1) is 9.70. The second-order valence-corrected chi connectivity index (χ2v) is 5.44. The van der Waals surface area contributed by atoms with Crippen molar-refractivity contribution in [3.8, 4) is 0 Å². The number of aliphatic hydroxyl groups is 1. The van der Waals surface area contributed by atoms with E-state index in [1.807, 2.05) is 31.2 Å². The zero-order chi connectivity index (χ0) is 14.1. The summed E-state index contributed by atoms with van der Waals surface area (Å²) < 4.78 is 0. The van der Waals surface area contributed by atoms with Crippen molar-refractivity contribution in [3.05, 3.63) is 52.1 Å². The highest BCUT2D eigenvalue weighted by molar-refractivity contribution is 7.12. The van der Waals surface area contributed by atoms with E-state index in [1.165, 1.54) is 11.3 Å². The molecule has 0 aliphatic carbocycles. The van der Waals surface area contributed by atoms with Crippen LogP contribution in [0.25, 0.3) is 10.9 Å². The van der Waals surface area contributed by atoms with Crippen molar-refractivity contribution in [2.45, 2.75) is 19.4 Å². The highest BCUT2D eigenvalue weighted by atomic mass is 32.1. The summed E-state index contributed by atoms with van der Waals surface area (Å²) in [6.45, 7) is 1.88. The average Bonchev–Trinajstić information content (AvgIpc) is 3.12. The standard InChI is InChI=1S/C15H14N2O2S/c1-2-13(18)12-8-20-15(17-12)14(19)10-7-16-11-6-4-3-5-9(10)11/h3-8,13,16,18H,2H2,1H3/t13-/m1/s1. The first-order valence-corrected chi connectivity index (χ1v) is 7.33. The van der Waals surface area contributed by atoms with Gasteiger partial charge in [0.2, 0.25) is 5.78 Å². The minimum absolute atomic E-state index is 0.109. The number of aromatic amines is 1. The molecule has 1 aromatic carbocycles. The summed E-state index contributed by atoms with van der Waals surface area (Å²) in [6, 6.07) is 7.67. The molecule has 0 saturated carbocycles. The monoisotopic (exact) mass is 286 g/mol. The Balaban J connectivity index is 1.98. The SMILES string of the molecule is CC[C@@H](O)c1csc(C(=O)c2c[nH]c3ccccc23)n1. The van der Waals surface area contributed by atoms with Crippen LogP contribution < -0.4 is 0 Å².